The average Bonchev–Trinajstić information content (AvgIpc) is 2.69. The molecule has 0 bridgehead atoms. The van der Waals surface area contributed by atoms with Gasteiger partial charge in [0.25, 0.3) is 0 Å². The molecule has 4 heteroatoms. The van der Waals surface area contributed by atoms with Gasteiger partial charge in [0.05, 0.1) is 0 Å². The van der Waals surface area contributed by atoms with Gasteiger partial charge in [0.1, 0.15) is 11.5 Å². The molecular formula is C27H38N2O2. The van der Waals surface area contributed by atoms with Gasteiger partial charge in [0, 0.05) is 32.1 Å². The summed E-state index contributed by atoms with van der Waals surface area (Å²) in [6.45, 7) is 11.8. The third kappa shape index (κ3) is 8.37. The zero-order chi connectivity index (χ0) is 22.3. The van der Waals surface area contributed by atoms with Crippen LogP contribution in [0.4, 0.5) is 0 Å². The Morgan fingerprint density at radius 1 is 1.06 bits per heavy atom. The zero-order valence-corrected chi connectivity index (χ0v) is 19.6. The second kappa shape index (κ2) is 10.8. The molecule has 1 fully saturated rings. The molecule has 1 aliphatic heterocycles. The van der Waals surface area contributed by atoms with E-state index in [1.165, 1.54) is 5.56 Å². The summed E-state index contributed by atoms with van der Waals surface area (Å²) in [5.74, 6) is 2.36. The van der Waals surface area contributed by atoms with Crippen molar-refractivity contribution in [3.05, 3.63) is 60.2 Å². The molecular weight excluding hydrogens is 384 g/mol. The molecule has 0 saturated carbocycles. The van der Waals surface area contributed by atoms with E-state index in [0.29, 0.717) is 18.4 Å². The number of piperidine rings is 1. The largest absolute Gasteiger partial charge is 0.457 e. The van der Waals surface area contributed by atoms with Crippen molar-refractivity contribution in [1.29, 1.82) is 0 Å². The number of ether oxygens (including phenoxy) is 1. The summed E-state index contributed by atoms with van der Waals surface area (Å²) in [7, 11) is 0. The minimum atomic E-state index is 0.209. The standard InChI is InChI=1S/C27H38N2O2/c1-21(19-27(2,3)4)17-26(30)28-23-13-15-29(16-14-23)20-22-9-8-12-25(18-22)31-24-10-6-5-7-11-24/h5-12,18,21,23H,13-17,19-20H2,1-4H3,(H,28,30). The minimum absolute atomic E-state index is 0.209. The number of rotatable bonds is 8. The molecule has 0 aromatic heterocycles. The van der Waals surface area contributed by atoms with E-state index >= 15 is 0 Å². The lowest BCUT2D eigenvalue weighted by Crippen LogP contribution is -2.44. The Balaban J connectivity index is 1.42. The van der Waals surface area contributed by atoms with Crippen molar-refractivity contribution in [2.24, 2.45) is 11.3 Å². The summed E-state index contributed by atoms with van der Waals surface area (Å²) in [4.78, 5) is 14.9. The van der Waals surface area contributed by atoms with E-state index in [0.717, 1.165) is 50.4 Å². The monoisotopic (exact) mass is 422 g/mol. The number of carbonyl (C=O) groups is 1. The molecule has 1 heterocycles. The Kier molecular flexibility index (Phi) is 8.14. The van der Waals surface area contributed by atoms with Crippen LogP contribution in [0.5, 0.6) is 11.5 Å². The number of hydrogen-bond donors (Lipinski definition) is 1. The van der Waals surface area contributed by atoms with Gasteiger partial charge in [0.2, 0.25) is 5.91 Å². The molecule has 1 aliphatic rings. The normalized spacial score (nSPS) is 16.6. The number of nitrogens with zero attached hydrogens (tertiary/aromatic N) is 1. The fourth-order valence-corrected chi connectivity index (χ4v) is 4.55. The zero-order valence-electron chi connectivity index (χ0n) is 19.6. The van der Waals surface area contributed by atoms with E-state index in [9.17, 15) is 4.79 Å². The fourth-order valence-electron chi connectivity index (χ4n) is 4.55. The molecule has 2 aromatic rings. The van der Waals surface area contributed by atoms with Crippen LogP contribution < -0.4 is 10.1 Å². The number of amides is 1. The fraction of sp³-hybridized carbons (Fsp3) is 0.519. The Hall–Kier alpha value is -2.33. The maximum Gasteiger partial charge on any atom is 0.220 e. The SMILES string of the molecule is CC(CC(=O)NC1CCN(Cc2cccc(Oc3ccccc3)c2)CC1)CC(C)(C)C. The van der Waals surface area contributed by atoms with E-state index in [1.54, 1.807) is 0 Å². The van der Waals surface area contributed by atoms with Gasteiger partial charge < -0.3 is 10.1 Å². The molecule has 0 aliphatic carbocycles. The summed E-state index contributed by atoms with van der Waals surface area (Å²) < 4.78 is 5.96. The minimum Gasteiger partial charge on any atom is -0.457 e. The van der Waals surface area contributed by atoms with Crippen molar-refractivity contribution < 1.29 is 9.53 Å². The van der Waals surface area contributed by atoms with Crippen molar-refractivity contribution in [2.75, 3.05) is 13.1 Å². The van der Waals surface area contributed by atoms with Crippen LogP contribution in [0.25, 0.3) is 0 Å². The summed E-state index contributed by atoms with van der Waals surface area (Å²) in [5, 5.41) is 3.27. The van der Waals surface area contributed by atoms with Crippen molar-refractivity contribution in [1.82, 2.24) is 10.2 Å². The van der Waals surface area contributed by atoms with Gasteiger partial charge in [0.15, 0.2) is 0 Å². The first-order valence-electron chi connectivity index (χ1n) is 11.6. The highest BCUT2D eigenvalue weighted by atomic mass is 16.5. The third-order valence-electron chi connectivity index (χ3n) is 5.73. The van der Waals surface area contributed by atoms with Crippen LogP contribution in [0.2, 0.25) is 0 Å². The van der Waals surface area contributed by atoms with Crippen molar-refractivity contribution in [3.63, 3.8) is 0 Å². The molecule has 1 atom stereocenters. The maximum absolute atomic E-state index is 12.4. The first kappa shape index (κ1) is 23.3. The molecule has 3 rings (SSSR count). The molecule has 4 nitrogen and oxygen atoms in total. The molecule has 0 spiro atoms. The quantitative estimate of drug-likeness (QED) is 0.565. The molecule has 2 aromatic carbocycles. The second-order valence-corrected chi connectivity index (χ2v) is 10.3. The highest BCUT2D eigenvalue weighted by molar-refractivity contribution is 5.76. The molecule has 1 saturated heterocycles. The lowest BCUT2D eigenvalue weighted by atomic mass is 9.84. The predicted molar refractivity (Wildman–Crippen MR) is 127 cm³/mol. The van der Waals surface area contributed by atoms with E-state index in [4.69, 9.17) is 4.74 Å². The summed E-state index contributed by atoms with van der Waals surface area (Å²) in [6, 6.07) is 18.5. The van der Waals surface area contributed by atoms with Gasteiger partial charge in [-0.25, -0.2) is 0 Å². The smallest absolute Gasteiger partial charge is 0.220 e. The van der Waals surface area contributed by atoms with Crippen LogP contribution in [-0.2, 0) is 11.3 Å². The number of likely N-dealkylation sites (tertiary alicyclic amines) is 1. The molecule has 0 radical (unpaired) electrons. The topological polar surface area (TPSA) is 41.6 Å². The molecule has 168 valence electrons. The van der Waals surface area contributed by atoms with Gasteiger partial charge in [-0.3, -0.25) is 9.69 Å². The van der Waals surface area contributed by atoms with Crippen molar-refractivity contribution in [2.45, 2.75) is 66.0 Å². The Morgan fingerprint density at radius 2 is 1.74 bits per heavy atom. The average molecular weight is 423 g/mol. The number of nitrogens with one attached hydrogen (secondary N) is 1. The predicted octanol–water partition coefficient (Wildman–Crippen LogP) is 6.02. The highest BCUT2D eigenvalue weighted by Gasteiger charge is 2.23. The lowest BCUT2D eigenvalue weighted by molar-refractivity contribution is -0.123. The van der Waals surface area contributed by atoms with E-state index < -0.39 is 0 Å². The summed E-state index contributed by atoms with van der Waals surface area (Å²) in [6.07, 6.45) is 3.73. The first-order chi connectivity index (χ1) is 14.8. The van der Waals surface area contributed by atoms with Crippen LogP contribution >= 0.6 is 0 Å². The van der Waals surface area contributed by atoms with Crippen LogP contribution in [0, 0.1) is 11.3 Å². The van der Waals surface area contributed by atoms with Crippen LogP contribution in [0.1, 0.15) is 58.9 Å². The summed E-state index contributed by atoms with van der Waals surface area (Å²) in [5.41, 5.74) is 1.53. The van der Waals surface area contributed by atoms with Crippen molar-refractivity contribution in [3.8, 4) is 11.5 Å². The van der Waals surface area contributed by atoms with Crippen LogP contribution in [0.3, 0.4) is 0 Å². The number of benzene rings is 2. The maximum atomic E-state index is 12.4. The Labute approximate surface area is 188 Å². The van der Waals surface area contributed by atoms with Gasteiger partial charge in [-0.2, -0.15) is 0 Å². The van der Waals surface area contributed by atoms with Gasteiger partial charge in [-0.15, -0.1) is 0 Å². The highest BCUT2D eigenvalue weighted by Crippen LogP contribution is 2.26. The van der Waals surface area contributed by atoms with Crippen molar-refractivity contribution >= 4 is 5.91 Å². The van der Waals surface area contributed by atoms with Gasteiger partial charge in [-0.05, 0) is 60.4 Å². The van der Waals surface area contributed by atoms with Crippen LogP contribution in [-0.4, -0.2) is 29.9 Å². The van der Waals surface area contributed by atoms with Gasteiger partial charge >= 0.3 is 0 Å². The number of para-hydroxylation sites is 1. The number of carbonyl (C=O) groups excluding carboxylic acids is 1. The number of hydrogen-bond acceptors (Lipinski definition) is 3. The van der Waals surface area contributed by atoms with E-state index in [1.807, 2.05) is 36.4 Å². The summed E-state index contributed by atoms with van der Waals surface area (Å²) >= 11 is 0. The third-order valence-corrected chi connectivity index (χ3v) is 5.73. The Bertz CT molecular complexity index is 821. The molecule has 31 heavy (non-hydrogen) atoms. The first-order valence-corrected chi connectivity index (χ1v) is 11.6. The second-order valence-electron chi connectivity index (χ2n) is 10.3. The molecule has 1 unspecified atom stereocenters. The Morgan fingerprint density at radius 3 is 2.42 bits per heavy atom. The van der Waals surface area contributed by atoms with Gasteiger partial charge in [-0.1, -0.05) is 58.0 Å². The van der Waals surface area contributed by atoms with E-state index in [-0.39, 0.29) is 11.3 Å². The van der Waals surface area contributed by atoms with Crippen LogP contribution in [0.15, 0.2) is 54.6 Å². The van der Waals surface area contributed by atoms with E-state index in [2.05, 4.69) is 56.1 Å². The lowest BCUT2D eigenvalue weighted by Gasteiger charge is -2.32. The molecule has 1 amide bonds. The molecule has 1 N–H and O–H groups in total.